The van der Waals surface area contributed by atoms with Gasteiger partial charge in [-0.3, -0.25) is 14.5 Å². The summed E-state index contributed by atoms with van der Waals surface area (Å²) in [7, 11) is 1.61. The highest BCUT2D eigenvalue weighted by atomic mass is 32.1. The largest absolute Gasteiger partial charge is 0.493 e. The zero-order valence-corrected chi connectivity index (χ0v) is 19.5. The van der Waals surface area contributed by atoms with E-state index >= 15 is 0 Å². The summed E-state index contributed by atoms with van der Waals surface area (Å²) in [5.41, 5.74) is 1.89. The molecule has 8 nitrogen and oxygen atoms in total. The average molecular weight is 460 g/mol. The molecular weight excluding hydrogens is 430 g/mol. The molecule has 0 radical (unpaired) electrons. The van der Waals surface area contributed by atoms with Crippen LogP contribution in [0.4, 0.5) is 5.13 Å². The first-order valence-electron chi connectivity index (χ1n) is 10.9. The van der Waals surface area contributed by atoms with Gasteiger partial charge in [0.1, 0.15) is 12.6 Å². The van der Waals surface area contributed by atoms with Crippen LogP contribution >= 0.6 is 11.3 Å². The predicted molar refractivity (Wildman–Crippen MR) is 122 cm³/mol. The Balaban J connectivity index is 1.44. The number of likely N-dealkylation sites (N-methyl/N-ethyl adjacent to an activating group) is 1. The number of hydrogen-bond donors (Lipinski definition) is 0. The number of carbonyl (C=O) groups excluding carboxylic acids is 2. The van der Waals surface area contributed by atoms with Gasteiger partial charge in [-0.25, -0.2) is 4.98 Å². The lowest BCUT2D eigenvalue weighted by Gasteiger charge is -2.22. The number of aryl methyl sites for hydroxylation is 1. The molecule has 2 amide bonds. The highest BCUT2D eigenvalue weighted by molar-refractivity contribution is 7.14. The van der Waals surface area contributed by atoms with E-state index in [0.717, 1.165) is 17.7 Å². The first-order chi connectivity index (χ1) is 15.5. The SMILES string of the molecule is CCN(C(=O)CN1CC(c2ccc(OC)c(O[C@@H]3CCOC3)c2)CC1=O)c1nc(C)cs1. The van der Waals surface area contributed by atoms with Crippen LogP contribution < -0.4 is 14.4 Å². The Morgan fingerprint density at radius 1 is 1.38 bits per heavy atom. The minimum Gasteiger partial charge on any atom is -0.493 e. The van der Waals surface area contributed by atoms with Crippen molar-refractivity contribution in [3.63, 3.8) is 0 Å². The number of thiazole rings is 1. The molecule has 2 atom stereocenters. The van der Waals surface area contributed by atoms with E-state index in [4.69, 9.17) is 14.2 Å². The number of likely N-dealkylation sites (tertiary alicyclic amines) is 1. The van der Waals surface area contributed by atoms with Gasteiger partial charge in [0.05, 0.1) is 26.0 Å². The number of hydrogen-bond acceptors (Lipinski definition) is 7. The predicted octanol–water partition coefficient (Wildman–Crippen LogP) is 3.00. The number of ether oxygens (including phenoxy) is 3. The van der Waals surface area contributed by atoms with E-state index < -0.39 is 0 Å². The Morgan fingerprint density at radius 2 is 2.22 bits per heavy atom. The van der Waals surface area contributed by atoms with E-state index in [1.54, 1.807) is 16.9 Å². The van der Waals surface area contributed by atoms with Crippen molar-refractivity contribution >= 4 is 28.3 Å². The summed E-state index contributed by atoms with van der Waals surface area (Å²) in [6, 6.07) is 5.80. The van der Waals surface area contributed by atoms with Gasteiger partial charge in [0, 0.05) is 37.2 Å². The number of methoxy groups -OCH3 is 1. The summed E-state index contributed by atoms with van der Waals surface area (Å²) in [5, 5.41) is 2.59. The van der Waals surface area contributed by atoms with Crippen LogP contribution in [0.5, 0.6) is 11.5 Å². The molecule has 172 valence electrons. The molecule has 2 aliphatic heterocycles. The Bertz CT molecular complexity index is 972. The zero-order valence-electron chi connectivity index (χ0n) is 18.7. The number of aromatic nitrogens is 1. The van der Waals surface area contributed by atoms with Gasteiger partial charge >= 0.3 is 0 Å². The van der Waals surface area contributed by atoms with Crippen LogP contribution in [0.1, 0.15) is 36.9 Å². The first-order valence-corrected chi connectivity index (χ1v) is 11.8. The molecule has 2 fully saturated rings. The normalized spacial score (nSPS) is 20.6. The second-order valence-corrected chi connectivity index (χ2v) is 8.94. The molecule has 0 bridgehead atoms. The zero-order chi connectivity index (χ0) is 22.7. The topological polar surface area (TPSA) is 81.2 Å². The van der Waals surface area contributed by atoms with Gasteiger partial charge in [-0.2, -0.15) is 0 Å². The maximum absolute atomic E-state index is 12.9. The molecule has 1 unspecified atom stereocenters. The minimum atomic E-state index is -0.115. The number of amides is 2. The summed E-state index contributed by atoms with van der Waals surface area (Å²) in [6.07, 6.45) is 1.22. The highest BCUT2D eigenvalue weighted by Gasteiger charge is 2.33. The van der Waals surface area contributed by atoms with Crippen LogP contribution in [-0.4, -0.2) is 67.8 Å². The smallest absolute Gasteiger partial charge is 0.248 e. The fourth-order valence-corrected chi connectivity index (χ4v) is 4.99. The van der Waals surface area contributed by atoms with Gasteiger partial charge in [0.2, 0.25) is 11.8 Å². The molecule has 2 aromatic rings. The molecule has 9 heteroatoms. The van der Waals surface area contributed by atoms with Crippen LogP contribution in [0.2, 0.25) is 0 Å². The van der Waals surface area contributed by atoms with Crippen LogP contribution in [-0.2, 0) is 14.3 Å². The number of rotatable bonds is 8. The van der Waals surface area contributed by atoms with Crippen molar-refractivity contribution in [2.75, 3.05) is 44.9 Å². The van der Waals surface area contributed by atoms with Crippen LogP contribution in [0.25, 0.3) is 0 Å². The quantitative estimate of drug-likeness (QED) is 0.604. The van der Waals surface area contributed by atoms with E-state index in [1.807, 2.05) is 37.4 Å². The number of carbonyl (C=O) groups is 2. The second kappa shape index (κ2) is 9.87. The third-order valence-electron chi connectivity index (χ3n) is 5.84. The highest BCUT2D eigenvalue weighted by Crippen LogP contribution is 2.36. The monoisotopic (exact) mass is 459 g/mol. The van der Waals surface area contributed by atoms with Crippen LogP contribution in [0, 0.1) is 6.92 Å². The molecule has 32 heavy (non-hydrogen) atoms. The summed E-state index contributed by atoms with van der Waals surface area (Å²) < 4.78 is 17.0. The molecule has 2 aliphatic rings. The summed E-state index contributed by atoms with van der Waals surface area (Å²) in [5.74, 6) is 1.20. The van der Waals surface area contributed by atoms with Crippen molar-refractivity contribution < 1.29 is 23.8 Å². The second-order valence-electron chi connectivity index (χ2n) is 8.10. The number of nitrogens with zero attached hydrogens (tertiary/aromatic N) is 3. The van der Waals surface area contributed by atoms with Crippen molar-refractivity contribution in [2.24, 2.45) is 0 Å². The van der Waals surface area contributed by atoms with Gasteiger partial charge in [-0.05, 0) is 31.5 Å². The Morgan fingerprint density at radius 3 is 2.88 bits per heavy atom. The lowest BCUT2D eigenvalue weighted by atomic mass is 9.98. The van der Waals surface area contributed by atoms with E-state index in [-0.39, 0.29) is 30.4 Å². The fourth-order valence-electron chi connectivity index (χ4n) is 4.11. The molecule has 0 N–H and O–H groups in total. The van der Waals surface area contributed by atoms with E-state index in [9.17, 15) is 9.59 Å². The molecule has 1 aromatic heterocycles. The maximum atomic E-state index is 12.9. The fraction of sp³-hybridized carbons (Fsp3) is 0.522. The summed E-state index contributed by atoms with van der Waals surface area (Å²) >= 11 is 1.44. The lowest BCUT2D eigenvalue weighted by molar-refractivity contribution is -0.132. The molecule has 0 aliphatic carbocycles. The Labute approximate surface area is 192 Å². The van der Waals surface area contributed by atoms with Crippen LogP contribution in [0.15, 0.2) is 23.6 Å². The minimum absolute atomic E-state index is 0.000526. The third kappa shape index (κ3) is 4.88. The molecule has 4 rings (SSSR count). The van der Waals surface area contributed by atoms with E-state index in [2.05, 4.69) is 4.98 Å². The number of anilines is 1. The molecule has 2 saturated heterocycles. The van der Waals surface area contributed by atoms with Gasteiger partial charge in [0.15, 0.2) is 16.6 Å². The standard InChI is InChI=1S/C23H29N3O5S/c1-4-26(23-24-15(2)14-32-23)22(28)12-25-11-17(10-21(25)27)16-5-6-19(29-3)20(9-16)31-18-7-8-30-13-18/h5-6,9,14,17-18H,4,7-8,10-13H2,1-3H3/t17?,18-/m1/s1. The molecule has 0 spiro atoms. The molecule has 0 saturated carbocycles. The molecule has 1 aromatic carbocycles. The van der Waals surface area contributed by atoms with Gasteiger partial charge in [0.25, 0.3) is 0 Å². The average Bonchev–Trinajstić information content (AvgIpc) is 3.52. The first kappa shape index (κ1) is 22.5. The van der Waals surface area contributed by atoms with Crippen LogP contribution in [0.3, 0.4) is 0 Å². The Kier molecular flexibility index (Phi) is 6.95. The van der Waals surface area contributed by atoms with Crippen molar-refractivity contribution in [1.82, 2.24) is 9.88 Å². The third-order valence-corrected chi connectivity index (χ3v) is 6.82. The van der Waals surface area contributed by atoms with Crippen molar-refractivity contribution in [2.45, 2.75) is 38.7 Å². The van der Waals surface area contributed by atoms with Gasteiger partial charge in [-0.1, -0.05) is 6.07 Å². The maximum Gasteiger partial charge on any atom is 0.248 e. The molecular formula is C23H29N3O5S. The summed E-state index contributed by atoms with van der Waals surface area (Å²) in [6.45, 7) is 6.15. The van der Waals surface area contributed by atoms with Crippen molar-refractivity contribution in [3.05, 3.63) is 34.8 Å². The molecule has 3 heterocycles. The van der Waals surface area contributed by atoms with Gasteiger partial charge in [-0.15, -0.1) is 11.3 Å². The summed E-state index contributed by atoms with van der Waals surface area (Å²) in [4.78, 5) is 33.3. The van der Waals surface area contributed by atoms with E-state index in [1.165, 1.54) is 11.3 Å². The Hall–Kier alpha value is -2.65. The van der Waals surface area contributed by atoms with Crippen molar-refractivity contribution in [3.8, 4) is 11.5 Å². The number of benzene rings is 1. The van der Waals surface area contributed by atoms with Gasteiger partial charge < -0.3 is 19.1 Å². The van der Waals surface area contributed by atoms with E-state index in [0.29, 0.717) is 49.4 Å². The van der Waals surface area contributed by atoms with Crippen molar-refractivity contribution in [1.29, 1.82) is 0 Å². The lowest BCUT2D eigenvalue weighted by Crippen LogP contribution is -2.41.